The second-order valence-corrected chi connectivity index (χ2v) is 1.46. The summed E-state index contributed by atoms with van der Waals surface area (Å²) in [5.74, 6) is -4.02. The topological polar surface area (TPSA) is 83.5 Å². The van der Waals surface area contributed by atoms with E-state index in [1.807, 2.05) is 0 Å². The lowest BCUT2D eigenvalue weighted by Crippen LogP contribution is -2.33. The molecule has 0 atom stereocenters. The molecule has 5 nitrogen and oxygen atoms in total. The number of hydrogen-bond acceptors (Lipinski definition) is 5. The van der Waals surface area contributed by atoms with E-state index < -0.39 is 24.1 Å². The number of carboxylic acids is 1. The molecule has 0 saturated carbocycles. The van der Waals surface area contributed by atoms with Gasteiger partial charge in [0.15, 0.2) is 5.78 Å². The Morgan fingerprint density at radius 1 is 1.40 bits per heavy atom. The van der Waals surface area contributed by atoms with Crippen LogP contribution in [0.3, 0.4) is 0 Å². The first-order valence-electron chi connectivity index (χ1n) is 2.39. The van der Waals surface area contributed by atoms with Crippen LogP contribution in [0.1, 0.15) is 6.42 Å². The van der Waals surface area contributed by atoms with E-state index in [0.717, 1.165) is 7.11 Å². The van der Waals surface area contributed by atoms with Crippen LogP contribution >= 0.6 is 0 Å². The van der Waals surface area contributed by atoms with E-state index in [0.29, 0.717) is 0 Å². The van der Waals surface area contributed by atoms with Crippen molar-refractivity contribution in [3.63, 3.8) is 0 Å². The van der Waals surface area contributed by atoms with Gasteiger partial charge in [0, 0.05) is 0 Å². The minimum absolute atomic E-state index is 0.765. The van der Waals surface area contributed by atoms with Gasteiger partial charge in [0.25, 0.3) is 0 Å². The third kappa shape index (κ3) is 2.81. The Morgan fingerprint density at radius 3 is 2.20 bits per heavy atom. The average Bonchev–Trinajstić information content (AvgIpc) is 1.87. The summed E-state index contributed by atoms with van der Waals surface area (Å²) in [6.45, 7) is 0. The van der Waals surface area contributed by atoms with Gasteiger partial charge >= 0.3 is 5.97 Å². The van der Waals surface area contributed by atoms with E-state index in [4.69, 9.17) is 0 Å². The van der Waals surface area contributed by atoms with Crippen molar-refractivity contribution in [1.82, 2.24) is 0 Å². The van der Waals surface area contributed by atoms with Gasteiger partial charge < -0.3 is 14.6 Å². The molecule has 0 heterocycles. The molecule has 0 unspecified atom stereocenters. The van der Waals surface area contributed by atoms with Crippen LogP contribution < -0.4 is 5.11 Å². The fourth-order valence-corrected chi connectivity index (χ4v) is 0.275. The van der Waals surface area contributed by atoms with E-state index in [1.54, 1.807) is 0 Å². The maximum Gasteiger partial charge on any atom is 0.313 e. The Kier molecular flexibility index (Phi) is 3.10. The Hall–Kier alpha value is -1.39. The molecule has 0 aromatic heterocycles. The van der Waals surface area contributed by atoms with Crippen molar-refractivity contribution in [2.45, 2.75) is 6.42 Å². The number of carboxylic acid groups (broad SMARTS) is 1. The highest BCUT2D eigenvalue weighted by molar-refractivity contribution is 6.34. The predicted molar refractivity (Wildman–Crippen MR) is 26.6 cm³/mol. The normalized spacial score (nSPS) is 8.50. The summed E-state index contributed by atoms with van der Waals surface area (Å²) in [6.07, 6.45) is -0.765. The highest BCUT2D eigenvalue weighted by atomic mass is 16.5. The van der Waals surface area contributed by atoms with Crippen LogP contribution in [-0.4, -0.2) is 24.8 Å². The molecule has 0 amide bonds. The standard InChI is InChI=1S/C5H6O5/c1-10-4(7)2-3(6)5(8)9/h2H2,1H3,(H,8,9)/p-1. The predicted octanol–water partition coefficient (Wildman–Crippen LogP) is -2.13. The number of aliphatic carboxylic acids is 1. The van der Waals surface area contributed by atoms with Crippen molar-refractivity contribution in [3.05, 3.63) is 0 Å². The lowest BCUT2D eigenvalue weighted by Gasteiger charge is -1.97. The molecule has 0 aromatic carbocycles. The summed E-state index contributed by atoms with van der Waals surface area (Å²) >= 11 is 0. The molecule has 0 aliphatic carbocycles. The second kappa shape index (κ2) is 3.60. The molecular weight excluding hydrogens is 140 g/mol. The number of hydrogen-bond donors (Lipinski definition) is 0. The van der Waals surface area contributed by atoms with Gasteiger partial charge in [0.1, 0.15) is 12.4 Å². The summed E-state index contributed by atoms with van der Waals surface area (Å²) < 4.78 is 4.02. The van der Waals surface area contributed by atoms with Crippen molar-refractivity contribution in [1.29, 1.82) is 0 Å². The second-order valence-electron chi connectivity index (χ2n) is 1.46. The van der Waals surface area contributed by atoms with E-state index >= 15 is 0 Å². The van der Waals surface area contributed by atoms with Crippen LogP contribution in [0.4, 0.5) is 0 Å². The Labute approximate surface area is 56.6 Å². The first-order chi connectivity index (χ1) is 4.57. The zero-order valence-corrected chi connectivity index (χ0v) is 5.25. The molecule has 0 aliphatic heterocycles. The number of carbonyl (C=O) groups is 3. The highest BCUT2D eigenvalue weighted by Gasteiger charge is 2.09. The van der Waals surface area contributed by atoms with E-state index in [9.17, 15) is 19.5 Å². The molecule has 5 heteroatoms. The van der Waals surface area contributed by atoms with E-state index in [2.05, 4.69) is 4.74 Å². The van der Waals surface area contributed by atoms with Gasteiger partial charge in [-0.15, -0.1) is 0 Å². The van der Waals surface area contributed by atoms with Crippen molar-refractivity contribution in [2.24, 2.45) is 0 Å². The third-order valence-corrected chi connectivity index (χ3v) is 0.760. The zero-order valence-electron chi connectivity index (χ0n) is 5.25. The van der Waals surface area contributed by atoms with Gasteiger partial charge in [0.05, 0.1) is 7.11 Å². The molecule has 0 aromatic rings. The number of rotatable bonds is 3. The molecular formula is C5H5O5-. The van der Waals surface area contributed by atoms with Gasteiger partial charge in [-0.1, -0.05) is 0 Å². The molecule has 0 bridgehead atoms. The largest absolute Gasteiger partial charge is 0.542 e. The van der Waals surface area contributed by atoms with Gasteiger partial charge in [-0.05, 0) is 0 Å². The summed E-state index contributed by atoms with van der Waals surface area (Å²) in [4.78, 5) is 30.0. The SMILES string of the molecule is COC(=O)CC(=O)C(=O)[O-]. The van der Waals surface area contributed by atoms with Crippen molar-refractivity contribution in [2.75, 3.05) is 7.11 Å². The lowest BCUT2D eigenvalue weighted by molar-refractivity contribution is -0.300. The maximum absolute atomic E-state index is 10.2. The molecule has 0 N–H and O–H groups in total. The number of carbonyl (C=O) groups excluding carboxylic acids is 3. The first kappa shape index (κ1) is 8.61. The Morgan fingerprint density at radius 2 is 1.90 bits per heavy atom. The van der Waals surface area contributed by atoms with Gasteiger partial charge in [-0.3, -0.25) is 9.59 Å². The zero-order chi connectivity index (χ0) is 8.15. The number of ketones is 1. The average molecular weight is 145 g/mol. The summed E-state index contributed by atoms with van der Waals surface area (Å²) in [5.41, 5.74) is 0. The molecule has 0 radical (unpaired) electrons. The molecule has 0 saturated heterocycles. The fraction of sp³-hybridized carbons (Fsp3) is 0.400. The summed E-state index contributed by atoms with van der Waals surface area (Å²) in [6, 6.07) is 0. The Bertz CT molecular complexity index is 171. The number of Topliss-reactive ketones (excluding diaryl/α,β-unsaturated/α-hetero) is 1. The van der Waals surface area contributed by atoms with Crippen molar-refractivity contribution in [3.8, 4) is 0 Å². The van der Waals surface area contributed by atoms with Crippen molar-refractivity contribution >= 4 is 17.7 Å². The first-order valence-corrected chi connectivity index (χ1v) is 2.39. The Balaban J connectivity index is 3.80. The summed E-state index contributed by atoms with van der Waals surface area (Å²) in [5, 5.41) is 9.68. The van der Waals surface area contributed by atoms with Gasteiger partial charge in [-0.25, -0.2) is 0 Å². The lowest BCUT2D eigenvalue weighted by atomic mass is 10.3. The smallest absolute Gasteiger partial charge is 0.313 e. The summed E-state index contributed by atoms with van der Waals surface area (Å²) in [7, 11) is 1.06. The monoisotopic (exact) mass is 145 g/mol. The van der Waals surface area contributed by atoms with Crippen LogP contribution in [0.25, 0.3) is 0 Å². The van der Waals surface area contributed by atoms with Crippen molar-refractivity contribution < 1.29 is 24.2 Å². The number of esters is 1. The quantitative estimate of drug-likeness (QED) is 0.257. The maximum atomic E-state index is 10.2. The molecule has 0 fully saturated rings. The minimum Gasteiger partial charge on any atom is -0.542 e. The van der Waals surface area contributed by atoms with Crippen LogP contribution in [0.5, 0.6) is 0 Å². The van der Waals surface area contributed by atoms with E-state index in [-0.39, 0.29) is 0 Å². The van der Waals surface area contributed by atoms with Gasteiger partial charge in [-0.2, -0.15) is 0 Å². The molecule has 10 heavy (non-hydrogen) atoms. The fourth-order valence-electron chi connectivity index (χ4n) is 0.275. The molecule has 0 aliphatic rings. The number of ether oxygens (including phenoxy) is 1. The molecule has 56 valence electrons. The number of methoxy groups -OCH3 is 1. The van der Waals surface area contributed by atoms with Crippen LogP contribution in [0.15, 0.2) is 0 Å². The molecule has 0 rings (SSSR count). The van der Waals surface area contributed by atoms with Gasteiger partial charge in [0.2, 0.25) is 0 Å². The van der Waals surface area contributed by atoms with Crippen LogP contribution in [0.2, 0.25) is 0 Å². The van der Waals surface area contributed by atoms with Crippen LogP contribution in [0, 0.1) is 0 Å². The minimum atomic E-state index is -1.87. The van der Waals surface area contributed by atoms with Crippen LogP contribution in [-0.2, 0) is 19.1 Å². The third-order valence-electron chi connectivity index (χ3n) is 0.760. The van der Waals surface area contributed by atoms with E-state index in [1.165, 1.54) is 0 Å². The molecule has 0 spiro atoms. The highest BCUT2D eigenvalue weighted by Crippen LogP contribution is 1.84.